The molecular weight excluding hydrogens is 356 g/mol. The van der Waals surface area contributed by atoms with Gasteiger partial charge in [0, 0.05) is 35.2 Å². The Morgan fingerprint density at radius 2 is 1.83 bits per heavy atom. The normalized spacial score (nSPS) is 15.2. The molecule has 2 aliphatic carbocycles. The van der Waals surface area contributed by atoms with Crippen molar-refractivity contribution in [3.63, 3.8) is 0 Å². The van der Waals surface area contributed by atoms with Gasteiger partial charge < -0.3 is 5.32 Å². The van der Waals surface area contributed by atoms with Crippen LogP contribution in [0, 0.1) is 5.92 Å². The van der Waals surface area contributed by atoms with E-state index in [0.717, 1.165) is 46.0 Å². The zero-order valence-electron chi connectivity index (χ0n) is 16.0. The molecule has 0 aliphatic heterocycles. The minimum atomic E-state index is 0.826. The van der Waals surface area contributed by atoms with E-state index in [1.54, 1.807) is 18.0 Å². The highest BCUT2D eigenvalue weighted by atomic mass is 15.0. The number of pyridine rings is 3. The summed E-state index contributed by atoms with van der Waals surface area (Å²) in [6.45, 7) is 0. The zero-order valence-corrected chi connectivity index (χ0v) is 16.0. The first-order valence-electron chi connectivity index (χ1n) is 10.1. The molecule has 140 valence electrons. The van der Waals surface area contributed by atoms with Gasteiger partial charge in [-0.3, -0.25) is 9.97 Å². The third kappa shape index (κ3) is 3.07. The average molecular weight is 376 g/mol. The smallest absolute Gasteiger partial charge is 0.140 e. The van der Waals surface area contributed by atoms with Crippen LogP contribution in [0.15, 0.2) is 72.7 Å². The highest BCUT2D eigenvalue weighted by Gasteiger charge is 2.28. The van der Waals surface area contributed by atoms with Crippen LogP contribution < -0.4 is 5.32 Å². The molecule has 29 heavy (non-hydrogen) atoms. The minimum absolute atomic E-state index is 0.826. The molecule has 2 aliphatic rings. The van der Waals surface area contributed by atoms with Crippen molar-refractivity contribution in [1.29, 1.82) is 0 Å². The summed E-state index contributed by atoms with van der Waals surface area (Å²) < 4.78 is 0. The Bertz CT molecular complexity index is 1260. The molecule has 3 heterocycles. The SMILES string of the molecule is C1=C(C2CC2)Cc2ccc(Nc3nc(-c4ccncc4)cc4ncccc34)cc21. The van der Waals surface area contributed by atoms with Crippen molar-refractivity contribution >= 4 is 28.5 Å². The summed E-state index contributed by atoms with van der Waals surface area (Å²) in [6.07, 6.45) is 11.6. The van der Waals surface area contributed by atoms with Crippen LogP contribution in [0.1, 0.15) is 24.0 Å². The van der Waals surface area contributed by atoms with Gasteiger partial charge in [0.1, 0.15) is 5.82 Å². The first-order valence-corrected chi connectivity index (χ1v) is 10.1. The Morgan fingerprint density at radius 3 is 2.69 bits per heavy atom. The molecule has 0 radical (unpaired) electrons. The van der Waals surface area contributed by atoms with E-state index in [0.29, 0.717) is 0 Å². The summed E-state index contributed by atoms with van der Waals surface area (Å²) in [5.41, 5.74) is 8.27. The standard InChI is InChI=1S/C25H20N4/c1-2-22-24(27-9-1)15-23(17-7-10-26-11-8-17)29-25(22)28-21-6-5-18-12-19(16-3-4-16)13-20(18)14-21/h1-2,5-11,13-16H,3-4,12H2,(H,28,29). The summed E-state index contributed by atoms with van der Waals surface area (Å²) >= 11 is 0. The average Bonchev–Trinajstić information content (AvgIpc) is 3.53. The summed E-state index contributed by atoms with van der Waals surface area (Å²) in [4.78, 5) is 13.6. The second kappa shape index (κ2) is 6.52. The number of aromatic nitrogens is 3. The molecule has 1 aromatic carbocycles. The van der Waals surface area contributed by atoms with Crippen LogP contribution in [0.25, 0.3) is 28.2 Å². The van der Waals surface area contributed by atoms with Crippen LogP contribution in [-0.2, 0) is 6.42 Å². The fourth-order valence-electron chi connectivity index (χ4n) is 4.13. The van der Waals surface area contributed by atoms with Gasteiger partial charge in [0.15, 0.2) is 0 Å². The summed E-state index contributed by atoms with van der Waals surface area (Å²) in [7, 11) is 0. The van der Waals surface area contributed by atoms with E-state index in [2.05, 4.69) is 45.6 Å². The van der Waals surface area contributed by atoms with Crippen molar-refractivity contribution in [3.05, 3.63) is 83.8 Å². The number of nitrogens with one attached hydrogen (secondary N) is 1. The number of allylic oxidation sites excluding steroid dienone is 1. The number of hydrogen-bond acceptors (Lipinski definition) is 4. The number of hydrogen-bond donors (Lipinski definition) is 1. The predicted octanol–water partition coefficient (Wildman–Crippen LogP) is 5.78. The molecule has 0 spiro atoms. The Morgan fingerprint density at radius 1 is 0.931 bits per heavy atom. The first kappa shape index (κ1) is 16.4. The van der Waals surface area contributed by atoms with Crippen molar-refractivity contribution in [1.82, 2.24) is 15.0 Å². The van der Waals surface area contributed by atoms with Crippen molar-refractivity contribution in [2.24, 2.45) is 5.92 Å². The maximum Gasteiger partial charge on any atom is 0.140 e. The molecule has 0 atom stereocenters. The summed E-state index contributed by atoms with van der Waals surface area (Å²) in [5, 5.41) is 4.56. The van der Waals surface area contributed by atoms with Gasteiger partial charge in [-0.15, -0.1) is 0 Å². The van der Waals surface area contributed by atoms with Gasteiger partial charge in [-0.25, -0.2) is 4.98 Å². The molecule has 1 N–H and O–H groups in total. The maximum absolute atomic E-state index is 4.92. The van der Waals surface area contributed by atoms with E-state index in [1.807, 2.05) is 30.5 Å². The molecule has 1 fully saturated rings. The van der Waals surface area contributed by atoms with Crippen molar-refractivity contribution in [3.8, 4) is 11.3 Å². The quantitative estimate of drug-likeness (QED) is 0.490. The molecule has 0 amide bonds. The van der Waals surface area contributed by atoms with Crippen LogP contribution in [0.2, 0.25) is 0 Å². The summed E-state index contributed by atoms with van der Waals surface area (Å²) in [5.74, 6) is 1.65. The third-order valence-corrected chi connectivity index (χ3v) is 5.82. The van der Waals surface area contributed by atoms with Crippen molar-refractivity contribution in [2.75, 3.05) is 5.32 Å². The topological polar surface area (TPSA) is 50.7 Å². The highest BCUT2D eigenvalue weighted by molar-refractivity contribution is 5.93. The van der Waals surface area contributed by atoms with Crippen LogP contribution in [-0.4, -0.2) is 15.0 Å². The third-order valence-electron chi connectivity index (χ3n) is 5.82. The van der Waals surface area contributed by atoms with Crippen molar-refractivity contribution in [2.45, 2.75) is 19.3 Å². The molecule has 6 rings (SSSR count). The van der Waals surface area contributed by atoms with Gasteiger partial charge in [-0.1, -0.05) is 17.7 Å². The van der Waals surface area contributed by atoms with Gasteiger partial charge in [-0.2, -0.15) is 0 Å². The number of nitrogens with zero attached hydrogens (tertiary/aromatic N) is 3. The number of anilines is 2. The summed E-state index contributed by atoms with van der Waals surface area (Å²) in [6, 6.07) is 16.6. The van der Waals surface area contributed by atoms with E-state index in [1.165, 1.54) is 24.0 Å². The zero-order chi connectivity index (χ0) is 19.2. The maximum atomic E-state index is 4.92. The molecule has 4 nitrogen and oxygen atoms in total. The Labute approximate surface area is 169 Å². The Balaban J connectivity index is 1.41. The molecular formula is C25H20N4. The van der Waals surface area contributed by atoms with E-state index >= 15 is 0 Å². The van der Waals surface area contributed by atoms with E-state index in [9.17, 15) is 0 Å². The van der Waals surface area contributed by atoms with Gasteiger partial charge in [0.2, 0.25) is 0 Å². The Kier molecular flexibility index (Phi) is 3.69. The fourth-order valence-corrected chi connectivity index (χ4v) is 4.13. The molecule has 0 saturated heterocycles. The lowest BCUT2D eigenvalue weighted by molar-refractivity contribution is 0.962. The van der Waals surface area contributed by atoms with Crippen LogP contribution >= 0.6 is 0 Å². The molecule has 4 heteroatoms. The molecule has 0 unspecified atom stereocenters. The highest BCUT2D eigenvalue weighted by Crippen LogP contribution is 2.43. The molecule has 1 saturated carbocycles. The van der Waals surface area contributed by atoms with Gasteiger partial charge >= 0.3 is 0 Å². The van der Waals surface area contributed by atoms with Crippen LogP contribution in [0.3, 0.4) is 0 Å². The van der Waals surface area contributed by atoms with E-state index < -0.39 is 0 Å². The second-order valence-corrected chi connectivity index (χ2v) is 7.87. The predicted molar refractivity (Wildman–Crippen MR) is 117 cm³/mol. The minimum Gasteiger partial charge on any atom is -0.340 e. The number of rotatable bonds is 4. The Hall–Kier alpha value is -3.53. The lowest BCUT2D eigenvalue weighted by Crippen LogP contribution is -1.98. The van der Waals surface area contributed by atoms with Gasteiger partial charge in [-0.05, 0) is 78.8 Å². The molecule has 3 aromatic heterocycles. The number of benzene rings is 1. The molecule has 4 aromatic rings. The lowest BCUT2D eigenvalue weighted by Gasteiger charge is -2.12. The van der Waals surface area contributed by atoms with Crippen LogP contribution in [0.5, 0.6) is 0 Å². The van der Waals surface area contributed by atoms with Gasteiger partial charge in [0.25, 0.3) is 0 Å². The van der Waals surface area contributed by atoms with Crippen LogP contribution in [0.4, 0.5) is 11.5 Å². The van der Waals surface area contributed by atoms with E-state index in [4.69, 9.17) is 4.98 Å². The fraction of sp³-hybridized carbons (Fsp3) is 0.160. The van der Waals surface area contributed by atoms with E-state index in [-0.39, 0.29) is 0 Å². The monoisotopic (exact) mass is 376 g/mol. The largest absolute Gasteiger partial charge is 0.340 e. The first-order chi connectivity index (χ1) is 14.3. The second-order valence-electron chi connectivity index (χ2n) is 7.87. The number of fused-ring (bicyclic) bond motifs is 2. The lowest BCUT2D eigenvalue weighted by atomic mass is 10.1. The van der Waals surface area contributed by atoms with Crippen molar-refractivity contribution < 1.29 is 0 Å². The van der Waals surface area contributed by atoms with Gasteiger partial charge in [0.05, 0.1) is 11.2 Å². The molecule has 0 bridgehead atoms.